The van der Waals surface area contributed by atoms with E-state index in [-0.39, 0.29) is 5.91 Å². The number of aromatic nitrogens is 4. The van der Waals surface area contributed by atoms with Crippen LogP contribution < -0.4 is 5.32 Å². The average Bonchev–Trinajstić information content (AvgIpc) is 2.85. The number of carbonyl (C=O) groups excluding carboxylic acids is 1. The van der Waals surface area contributed by atoms with Gasteiger partial charge >= 0.3 is 0 Å². The van der Waals surface area contributed by atoms with Crippen molar-refractivity contribution in [3.05, 3.63) is 53.2 Å². The van der Waals surface area contributed by atoms with E-state index < -0.39 is 0 Å². The molecular formula is C16H17N5O. The molecule has 0 spiro atoms. The normalized spacial score (nSPS) is 10.9. The predicted octanol–water partition coefficient (Wildman–Crippen LogP) is 1.91. The summed E-state index contributed by atoms with van der Waals surface area (Å²) in [6.07, 6.45) is 3.25. The maximum atomic E-state index is 12.2. The number of carbonyl (C=O) groups is 1. The van der Waals surface area contributed by atoms with Crippen LogP contribution in [0, 0.1) is 13.8 Å². The summed E-state index contributed by atoms with van der Waals surface area (Å²) in [6.45, 7) is 4.35. The minimum atomic E-state index is -0.160. The first-order valence-electron chi connectivity index (χ1n) is 7.02. The van der Waals surface area contributed by atoms with Gasteiger partial charge in [-0.2, -0.15) is 0 Å². The lowest BCUT2D eigenvalue weighted by Gasteiger charge is -2.07. The van der Waals surface area contributed by atoms with Crippen LogP contribution in [0.4, 0.5) is 0 Å². The maximum Gasteiger partial charge on any atom is 0.253 e. The molecular weight excluding hydrogens is 278 g/mol. The molecule has 3 heterocycles. The number of imidazole rings is 1. The fourth-order valence-corrected chi connectivity index (χ4v) is 2.45. The zero-order chi connectivity index (χ0) is 15.7. The van der Waals surface area contributed by atoms with Gasteiger partial charge in [0.2, 0.25) is 0 Å². The van der Waals surface area contributed by atoms with Crippen LogP contribution in [0.3, 0.4) is 0 Å². The van der Waals surface area contributed by atoms with Crippen LogP contribution in [0.2, 0.25) is 0 Å². The van der Waals surface area contributed by atoms with Gasteiger partial charge in [-0.15, -0.1) is 0 Å². The molecule has 0 aliphatic carbocycles. The van der Waals surface area contributed by atoms with Crippen LogP contribution in [0.1, 0.15) is 27.3 Å². The minimum Gasteiger partial charge on any atom is -0.348 e. The summed E-state index contributed by atoms with van der Waals surface area (Å²) in [7, 11) is 1.87. The van der Waals surface area contributed by atoms with Crippen LogP contribution >= 0.6 is 0 Å². The summed E-state index contributed by atoms with van der Waals surface area (Å²) < 4.78 is 1.82. The van der Waals surface area contributed by atoms with Gasteiger partial charge in [0.05, 0.1) is 11.9 Å². The number of amides is 1. The molecule has 0 unspecified atom stereocenters. The highest BCUT2D eigenvalue weighted by atomic mass is 16.1. The third-order valence-corrected chi connectivity index (χ3v) is 3.41. The molecule has 0 aliphatic heterocycles. The summed E-state index contributed by atoms with van der Waals surface area (Å²) in [6, 6.07) is 5.68. The third kappa shape index (κ3) is 2.81. The van der Waals surface area contributed by atoms with E-state index in [1.165, 1.54) is 0 Å². The number of pyridine rings is 2. The van der Waals surface area contributed by atoms with E-state index in [0.29, 0.717) is 17.6 Å². The molecule has 0 saturated heterocycles. The Morgan fingerprint density at radius 2 is 1.91 bits per heavy atom. The van der Waals surface area contributed by atoms with Gasteiger partial charge in [-0.25, -0.2) is 9.97 Å². The first-order chi connectivity index (χ1) is 10.5. The Balaban J connectivity index is 1.75. The predicted molar refractivity (Wildman–Crippen MR) is 83.4 cm³/mol. The SMILES string of the molecule is Cc1cc(CNC(=O)c2cnc3c(c2)ncn3C)cc(C)n1. The van der Waals surface area contributed by atoms with Gasteiger partial charge in [0.15, 0.2) is 5.65 Å². The van der Waals surface area contributed by atoms with Crippen molar-refractivity contribution in [3.63, 3.8) is 0 Å². The molecule has 3 aromatic rings. The summed E-state index contributed by atoms with van der Waals surface area (Å²) in [5, 5.41) is 2.90. The molecule has 0 saturated carbocycles. The first-order valence-corrected chi connectivity index (χ1v) is 7.02. The first kappa shape index (κ1) is 14.2. The van der Waals surface area contributed by atoms with Crippen molar-refractivity contribution in [2.24, 2.45) is 7.05 Å². The molecule has 1 amide bonds. The highest BCUT2D eigenvalue weighted by molar-refractivity contribution is 5.96. The highest BCUT2D eigenvalue weighted by Gasteiger charge is 2.09. The van der Waals surface area contributed by atoms with E-state index in [0.717, 1.165) is 22.6 Å². The lowest BCUT2D eigenvalue weighted by molar-refractivity contribution is 0.0950. The van der Waals surface area contributed by atoms with Crippen LogP contribution in [-0.2, 0) is 13.6 Å². The summed E-state index contributed by atoms with van der Waals surface area (Å²) >= 11 is 0. The highest BCUT2D eigenvalue weighted by Crippen LogP contribution is 2.11. The van der Waals surface area contributed by atoms with Crippen LogP contribution in [0.5, 0.6) is 0 Å². The zero-order valence-electron chi connectivity index (χ0n) is 12.8. The molecule has 6 nitrogen and oxygen atoms in total. The van der Waals surface area contributed by atoms with Gasteiger partial charge in [-0.1, -0.05) is 0 Å². The summed E-state index contributed by atoms with van der Waals surface area (Å²) in [5.74, 6) is -0.160. The molecule has 0 bridgehead atoms. The van der Waals surface area contributed by atoms with Crippen molar-refractivity contribution in [3.8, 4) is 0 Å². The molecule has 3 rings (SSSR count). The largest absolute Gasteiger partial charge is 0.348 e. The number of nitrogens with zero attached hydrogens (tertiary/aromatic N) is 4. The molecule has 1 N–H and O–H groups in total. The van der Waals surface area contributed by atoms with Gasteiger partial charge < -0.3 is 9.88 Å². The summed E-state index contributed by atoms with van der Waals surface area (Å²) in [4.78, 5) is 25.0. The molecule has 0 atom stereocenters. The van der Waals surface area contributed by atoms with Crippen molar-refractivity contribution in [2.75, 3.05) is 0 Å². The Hall–Kier alpha value is -2.76. The monoisotopic (exact) mass is 295 g/mol. The van der Waals surface area contributed by atoms with E-state index >= 15 is 0 Å². The second-order valence-electron chi connectivity index (χ2n) is 5.36. The zero-order valence-corrected chi connectivity index (χ0v) is 12.8. The lowest BCUT2D eigenvalue weighted by Crippen LogP contribution is -2.23. The maximum absolute atomic E-state index is 12.2. The van der Waals surface area contributed by atoms with Gasteiger partial charge in [-0.3, -0.25) is 9.78 Å². The second-order valence-corrected chi connectivity index (χ2v) is 5.36. The Labute approximate surface area is 128 Å². The van der Waals surface area contributed by atoms with E-state index in [2.05, 4.69) is 20.3 Å². The van der Waals surface area contributed by atoms with Gasteiger partial charge in [-0.05, 0) is 37.6 Å². The smallest absolute Gasteiger partial charge is 0.253 e. The lowest BCUT2D eigenvalue weighted by atomic mass is 10.2. The topological polar surface area (TPSA) is 72.7 Å². The number of nitrogens with one attached hydrogen (secondary N) is 1. The summed E-state index contributed by atoms with van der Waals surface area (Å²) in [5.41, 5.74) is 4.91. The second kappa shape index (κ2) is 5.55. The minimum absolute atomic E-state index is 0.160. The molecule has 112 valence electrons. The fraction of sp³-hybridized carbons (Fsp3) is 0.250. The van der Waals surface area contributed by atoms with Crippen molar-refractivity contribution in [1.82, 2.24) is 24.8 Å². The Kier molecular flexibility index (Phi) is 3.58. The average molecular weight is 295 g/mol. The number of aryl methyl sites for hydroxylation is 3. The van der Waals surface area contributed by atoms with Crippen LogP contribution in [0.25, 0.3) is 11.2 Å². The van der Waals surface area contributed by atoms with E-state index in [4.69, 9.17) is 0 Å². The Morgan fingerprint density at radius 3 is 2.64 bits per heavy atom. The van der Waals surface area contributed by atoms with Crippen LogP contribution in [-0.4, -0.2) is 25.4 Å². The van der Waals surface area contributed by atoms with Crippen LogP contribution in [0.15, 0.2) is 30.7 Å². The third-order valence-electron chi connectivity index (χ3n) is 3.41. The van der Waals surface area contributed by atoms with Crippen molar-refractivity contribution >= 4 is 17.1 Å². The van der Waals surface area contributed by atoms with Crippen molar-refractivity contribution in [1.29, 1.82) is 0 Å². The van der Waals surface area contributed by atoms with Gasteiger partial charge in [0.1, 0.15) is 5.52 Å². The molecule has 3 aromatic heterocycles. The molecule has 0 aliphatic rings. The van der Waals surface area contributed by atoms with E-state index in [1.54, 1.807) is 18.6 Å². The molecule has 0 fully saturated rings. The number of rotatable bonds is 3. The quantitative estimate of drug-likeness (QED) is 0.801. The Morgan fingerprint density at radius 1 is 1.18 bits per heavy atom. The molecule has 0 radical (unpaired) electrons. The van der Waals surface area contributed by atoms with Gasteiger partial charge in [0, 0.05) is 31.2 Å². The standard InChI is InChI=1S/C16H17N5O/c1-10-4-12(5-11(2)20-10)7-18-16(22)13-6-14-15(17-8-13)21(3)9-19-14/h4-6,8-9H,7H2,1-3H3,(H,18,22). The van der Waals surface area contributed by atoms with E-state index in [1.807, 2.05) is 37.6 Å². The van der Waals surface area contributed by atoms with Crippen molar-refractivity contribution in [2.45, 2.75) is 20.4 Å². The fourth-order valence-electron chi connectivity index (χ4n) is 2.45. The van der Waals surface area contributed by atoms with Crippen molar-refractivity contribution < 1.29 is 4.79 Å². The Bertz CT molecular complexity index is 833. The molecule has 6 heteroatoms. The number of fused-ring (bicyclic) bond motifs is 1. The molecule has 22 heavy (non-hydrogen) atoms. The van der Waals surface area contributed by atoms with Gasteiger partial charge in [0.25, 0.3) is 5.91 Å². The number of hydrogen-bond acceptors (Lipinski definition) is 4. The van der Waals surface area contributed by atoms with E-state index in [9.17, 15) is 4.79 Å². The number of hydrogen-bond donors (Lipinski definition) is 1. The molecule has 0 aromatic carbocycles.